The third-order valence-corrected chi connectivity index (χ3v) is 8.83. The van der Waals surface area contributed by atoms with Crippen LogP contribution in [-0.4, -0.2) is 59.9 Å². The largest absolute Gasteiger partial charge is 0.368 e. The summed E-state index contributed by atoms with van der Waals surface area (Å²) >= 11 is 12.4. The van der Waals surface area contributed by atoms with Crippen LogP contribution in [0.3, 0.4) is 0 Å². The first-order valence-corrected chi connectivity index (χ1v) is 14.0. The molecule has 0 spiro atoms. The maximum atomic E-state index is 13.9. The van der Waals surface area contributed by atoms with Gasteiger partial charge in [0, 0.05) is 31.1 Å². The summed E-state index contributed by atoms with van der Waals surface area (Å²) in [6, 6.07) is 17.2. The molecule has 2 unspecified atom stereocenters. The van der Waals surface area contributed by atoms with Gasteiger partial charge in [-0.25, -0.2) is 8.78 Å². The van der Waals surface area contributed by atoms with Gasteiger partial charge < -0.3 is 11.1 Å². The minimum Gasteiger partial charge on any atom is -0.368 e. The second kappa shape index (κ2) is 11.8. The molecule has 2 amide bonds. The van der Waals surface area contributed by atoms with Gasteiger partial charge in [0.25, 0.3) is 0 Å². The highest BCUT2D eigenvalue weighted by molar-refractivity contribution is 6.39. The molecule has 3 N–H and O–H groups in total. The molecule has 2 aliphatic rings. The van der Waals surface area contributed by atoms with Crippen molar-refractivity contribution in [2.45, 2.75) is 36.8 Å². The van der Waals surface area contributed by atoms with Crippen LogP contribution in [0.5, 0.6) is 0 Å². The van der Waals surface area contributed by atoms with Crippen molar-refractivity contribution in [2.75, 3.05) is 31.5 Å². The molecular weight excluding hydrogens is 557 g/mol. The zero-order chi connectivity index (χ0) is 28.4. The standard InChI is InChI=1S/C30H30Cl2F2N4O2/c31-23-3-1-4-24(32)28(23)36-27(39)18-37-15-16-38(17-25(37)29(35)40)26-5-2-14-30(26,19-6-10-21(33)11-7-19)20-8-12-22(34)13-9-20/h1,3-4,6-13,25-26H,2,5,14-18H2,(H2,35,40)(H,36,39). The fourth-order valence-corrected chi connectivity index (χ4v) is 6.87. The molecule has 210 valence electrons. The Labute approximate surface area is 242 Å². The smallest absolute Gasteiger partial charge is 0.238 e. The molecule has 6 nitrogen and oxygen atoms in total. The highest BCUT2D eigenvalue weighted by Crippen LogP contribution is 2.49. The van der Waals surface area contributed by atoms with Crippen molar-refractivity contribution in [3.63, 3.8) is 0 Å². The number of rotatable bonds is 7. The van der Waals surface area contributed by atoms with Crippen molar-refractivity contribution in [3.05, 3.63) is 99.5 Å². The Morgan fingerprint density at radius 2 is 1.50 bits per heavy atom. The highest BCUT2D eigenvalue weighted by atomic mass is 35.5. The molecule has 5 rings (SSSR count). The number of benzene rings is 3. The van der Waals surface area contributed by atoms with E-state index in [2.05, 4.69) is 10.2 Å². The summed E-state index contributed by atoms with van der Waals surface area (Å²) in [6.07, 6.45) is 2.53. The summed E-state index contributed by atoms with van der Waals surface area (Å²) in [6.45, 7) is 1.27. The molecule has 3 aromatic carbocycles. The Bertz CT molecular complexity index is 1320. The number of para-hydroxylation sites is 1. The zero-order valence-electron chi connectivity index (χ0n) is 21.8. The lowest BCUT2D eigenvalue weighted by Gasteiger charge is -2.48. The molecule has 1 saturated heterocycles. The molecule has 0 bridgehead atoms. The van der Waals surface area contributed by atoms with Gasteiger partial charge in [-0.2, -0.15) is 0 Å². The van der Waals surface area contributed by atoms with E-state index in [1.165, 1.54) is 24.3 Å². The van der Waals surface area contributed by atoms with Crippen LogP contribution >= 0.6 is 23.2 Å². The first kappa shape index (κ1) is 28.5. The molecule has 1 aliphatic heterocycles. The van der Waals surface area contributed by atoms with Crippen LogP contribution in [-0.2, 0) is 15.0 Å². The molecule has 0 radical (unpaired) electrons. The molecule has 10 heteroatoms. The average molecular weight is 587 g/mol. The van der Waals surface area contributed by atoms with Crippen LogP contribution < -0.4 is 11.1 Å². The van der Waals surface area contributed by atoms with E-state index in [-0.39, 0.29) is 30.1 Å². The van der Waals surface area contributed by atoms with E-state index in [1.807, 2.05) is 0 Å². The highest BCUT2D eigenvalue weighted by Gasteiger charge is 2.50. The second-order valence-corrected chi connectivity index (χ2v) is 11.2. The van der Waals surface area contributed by atoms with E-state index in [0.29, 0.717) is 35.4 Å². The number of primary amides is 1. The van der Waals surface area contributed by atoms with Gasteiger partial charge in [0.05, 0.1) is 22.3 Å². The molecule has 1 saturated carbocycles. The lowest BCUT2D eigenvalue weighted by atomic mass is 9.69. The van der Waals surface area contributed by atoms with Crippen molar-refractivity contribution in [3.8, 4) is 0 Å². The Balaban J connectivity index is 1.40. The van der Waals surface area contributed by atoms with Crippen molar-refractivity contribution in [1.29, 1.82) is 0 Å². The number of nitrogens with one attached hydrogen (secondary N) is 1. The summed E-state index contributed by atoms with van der Waals surface area (Å²) in [5.74, 6) is -1.54. The maximum absolute atomic E-state index is 13.9. The van der Waals surface area contributed by atoms with Gasteiger partial charge >= 0.3 is 0 Å². The lowest BCUT2D eigenvalue weighted by molar-refractivity contribution is -0.128. The van der Waals surface area contributed by atoms with Gasteiger partial charge in [0.1, 0.15) is 17.7 Å². The second-order valence-electron chi connectivity index (χ2n) is 10.4. The molecule has 0 aromatic heterocycles. The average Bonchev–Trinajstić information content (AvgIpc) is 3.38. The monoisotopic (exact) mass is 586 g/mol. The Kier molecular flexibility index (Phi) is 8.42. The maximum Gasteiger partial charge on any atom is 0.238 e. The van der Waals surface area contributed by atoms with Crippen molar-refractivity contribution < 1.29 is 18.4 Å². The Hall–Kier alpha value is -3.04. The van der Waals surface area contributed by atoms with E-state index < -0.39 is 17.4 Å². The van der Waals surface area contributed by atoms with E-state index in [1.54, 1.807) is 47.4 Å². The first-order valence-electron chi connectivity index (χ1n) is 13.2. The molecule has 40 heavy (non-hydrogen) atoms. The summed E-state index contributed by atoms with van der Waals surface area (Å²) < 4.78 is 27.8. The number of anilines is 1. The number of piperazine rings is 1. The number of nitrogens with zero attached hydrogens (tertiary/aromatic N) is 2. The SMILES string of the molecule is NC(=O)C1CN(C2CCCC2(c2ccc(F)cc2)c2ccc(F)cc2)CCN1CC(=O)Nc1c(Cl)cccc1Cl. The van der Waals surface area contributed by atoms with Crippen LogP contribution in [0.4, 0.5) is 14.5 Å². The van der Waals surface area contributed by atoms with E-state index in [9.17, 15) is 18.4 Å². The number of nitrogens with two attached hydrogens (primary N) is 1. The minimum atomic E-state index is -0.707. The summed E-state index contributed by atoms with van der Waals surface area (Å²) in [5, 5.41) is 3.38. The summed E-state index contributed by atoms with van der Waals surface area (Å²) in [4.78, 5) is 29.6. The van der Waals surface area contributed by atoms with Gasteiger partial charge in [-0.15, -0.1) is 0 Å². The zero-order valence-corrected chi connectivity index (χ0v) is 23.3. The Morgan fingerprint density at radius 3 is 2.05 bits per heavy atom. The van der Waals surface area contributed by atoms with Crippen molar-refractivity contribution >= 4 is 40.7 Å². The number of hydrogen-bond acceptors (Lipinski definition) is 4. The molecule has 1 aliphatic carbocycles. The van der Waals surface area contributed by atoms with Gasteiger partial charge in [0.2, 0.25) is 11.8 Å². The van der Waals surface area contributed by atoms with Gasteiger partial charge in [-0.05, 0) is 60.4 Å². The predicted octanol–water partition coefficient (Wildman–Crippen LogP) is 5.22. The topological polar surface area (TPSA) is 78.7 Å². The van der Waals surface area contributed by atoms with Crippen LogP contribution in [0.15, 0.2) is 66.7 Å². The fourth-order valence-electron chi connectivity index (χ4n) is 6.38. The third kappa shape index (κ3) is 5.59. The van der Waals surface area contributed by atoms with Crippen molar-refractivity contribution in [1.82, 2.24) is 9.80 Å². The molecular formula is C30H30Cl2F2N4O2. The van der Waals surface area contributed by atoms with Crippen molar-refractivity contribution in [2.24, 2.45) is 5.73 Å². The number of halogens is 4. The van der Waals surface area contributed by atoms with Crippen LogP contribution in [0.1, 0.15) is 30.4 Å². The molecule has 1 heterocycles. The first-order chi connectivity index (χ1) is 19.2. The number of amides is 2. The van der Waals surface area contributed by atoms with E-state index >= 15 is 0 Å². The van der Waals surface area contributed by atoms with Crippen LogP contribution in [0.2, 0.25) is 10.0 Å². The third-order valence-electron chi connectivity index (χ3n) is 8.20. The van der Waals surface area contributed by atoms with E-state index in [0.717, 1.165) is 30.4 Å². The van der Waals surface area contributed by atoms with Gasteiger partial charge in [0.15, 0.2) is 0 Å². The lowest BCUT2D eigenvalue weighted by Crippen LogP contribution is -2.63. The van der Waals surface area contributed by atoms with Gasteiger partial charge in [-0.3, -0.25) is 19.4 Å². The van der Waals surface area contributed by atoms with E-state index in [4.69, 9.17) is 28.9 Å². The van der Waals surface area contributed by atoms with Crippen LogP contribution in [0.25, 0.3) is 0 Å². The number of hydrogen-bond donors (Lipinski definition) is 2. The summed E-state index contributed by atoms with van der Waals surface area (Å²) in [7, 11) is 0. The van der Waals surface area contributed by atoms with Crippen LogP contribution in [0, 0.1) is 11.6 Å². The fraction of sp³-hybridized carbons (Fsp3) is 0.333. The quantitative estimate of drug-likeness (QED) is 0.398. The predicted molar refractivity (Wildman–Crippen MR) is 152 cm³/mol. The minimum absolute atomic E-state index is 0.0387. The Morgan fingerprint density at radius 1 is 0.925 bits per heavy atom. The molecule has 2 atom stereocenters. The molecule has 2 fully saturated rings. The summed E-state index contributed by atoms with van der Waals surface area (Å²) in [5.41, 5.74) is 7.53. The number of carbonyl (C=O) groups is 2. The molecule has 3 aromatic rings. The van der Waals surface area contributed by atoms with Gasteiger partial charge in [-0.1, -0.05) is 60.0 Å². The normalized spacial score (nSPS) is 21.3. The number of carbonyl (C=O) groups excluding carboxylic acids is 2.